The second-order valence-corrected chi connectivity index (χ2v) is 8.87. The van der Waals surface area contributed by atoms with Gasteiger partial charge in [-0.1, -0.05) is 6.92 Å². The van der Waals surface area contributed by atoms with Crippen LogP contribution in [-0.4, -0.2) is 41.8 Å². The van der Waals surface area contributed by atoms with Crippen LogP contribution >= 0.6 is 11.3 Å². The molecule has 0 atom stereocenters. The number of amides is 3. The minimum atomic E-state index is -0.727. The van der Waals surface area contributed by atoms with E-state index >= 15 is 0 Å². The molecule has 4 rings (SSSR count). The van der Waals surface area contributed by atoms with E-state index < -0.39 is 11.6 Å². The van der Waals surface area contributed by atoms with E-state index in [1.165, 1.54) is 24.3 Å². The number of urea groups is 1. The zero-order valence-corrected chi connectivity index (χ0v) is 16.1. The number of carbonyl (C=O) groups is 2. The Kier molecular flexibility index (Phi) is 4.73. The Bertz CT molecular complexity index is 715. The van der Waals surface area contributed by atoms with Gasteiger partial charge in [0.1, 0.15) is 5.54 Å². The highest BCUT2D eigenvalue weighted by atomic mass is 32.1. The van der Waals surface area contributed by atoms with Crippen molar-refractivity contribution in [2.45, 2.75) is 57.4 Å². The molecule has 1 aromatic rings. The average molecular weight is 375 g/mol. The molecule has 6 nitrogen and oxygen atoms in total. The maximum atomic E-state index is 12.8. The molecule has 1 N–H and O–H groups in total. The highest BCUT2D eigenvalue weighted by Crippen LogP contribution is 2.36. The van der Waals surface area contributed by atoms with Gasteiger partial charge in [0, 0.05) is 18.0 Å². The summed E-state index contributed by atoms with van der Waals surface area (Å²) in [6.07, 6.45) is 8.78. The summed E-state index contributed by atoms with van der Waals surface area (Å²) in [6, 6.07) is 3.72. The Hall–Kier alpha value is -1.89. The smallest absolute Gasteiger partial charge is 0.346 e. The molecule has 7 heteroatoms. The Morgan fingerprint density at radius 3 is 2.65 bits per heavy atom. The summed E-state index contributed by atoms with van der Waals surface area (Å²) in [5, 5.41) is 9.38. The molecular weight excluding hydrogens is 348 g/mol. The second-order valence-electron chi connectivity index (χ2n) is 7.78. The third-order valence-electron chi connectivity index (χ3n) is 5.85. The first-order valence-electron chi connectivity index (χ1n) is 9.63. The number of hydrogen-bond donors (Lipinski definition) is 1. The summed E-state index contributed by atoms with van der Waals surface area (Å²) >= 11 is 1.66. The third-order valence-corrected chi connectivity index (χ3v) is 6.93. The summed E-state index contributed by atoms with van der Waals surface area (Å²) in [6.45, 7) is 4.40. The van der Waals surface area contributed by atoms with Crippen LogP contribution in [0.25, 0.3) is 0 Å². The van der Waals surface area contributed by atoms with Crippen molar-refractivity contribution in [1.29, 1.82) is 0 Å². The predicted molar refractivity (Wildman–Crippen MR) is 104 cm³/mol. The number of anilines is 1. The zero-order valence-electron chi connectivity index (χ0n) is 15.2. The molecular formula is C19H26N4O2S. The van der Waals surface area contributed by atoms with Crippen LogP contribution < -0.4 is 10.2 Å². The fraction of sp³-hybridized carbons (Fsp3) is 0.632. The van der Waals surface area contributed by atoms with Crippen LogP contribution in [0.15, 0.2) is 17.2 Å². The molecule has 1 saturated carbocycles. The Morgan fingerprint density at radius 2 is 1.92 bits per heavy atom. The minimum Gasteiger partial charge on any atom is -0.363 e. The lowest BCUT2D eigenvalue weighted by Crippen LogP contribution is -2.49. The third kappa shape index (κ3) is 3.24. The van der Waals surface area contributed by atoms with E-state index in [-0.39, 0.29) is 5.91 Å². The van der Waals surface area contributed by atoms with Gasteiger partial charge in [-0.3, -0.25) is 4.79 Å². The second kappa shape index (κ2) is 7.02. The van der Waals surface area contributed by atoms with Gasteiger partial charge in [-0.2, -0.15) is 5.10 Å². The number of carbonyl (C=O) groups excluding carboxylic acids is 2. The van der Waals surface area contributed by atoms with Crippen LogP contribution in [0.2, 0.25) is 0 Å². The highest BCUT2D eigenvalue weighted by molar-refractivity contribution is 7.17. The summed E-state index contributed by atoms with van der Waals surface area (Å²) in [5.74, 6) is 0.417. The molecule has 3 heterocycles. The molecule has 2 aliphatic heterocycles. The average Bonchev–Trinajstić information content (AvgIpc) is 3.21. The first-order chi connectivity index (χ1) is 12.6. The number of thiophene rings is 1. The zero-order chi connectivity index (χ0) is 18.1. The molecule has 0 unspecified atom stereocenters. The van der Waals surface area contributed by atoms with E-state index in [9.17, 15) is 9.59 Å². The topological polar surface area (TPSA) is 65.0 Å². The van der Waals surface area contributed by atoms with E-state index in [1.54, 1.807) is 17.6 Å². The molecule has 1 aromatic heterocycles. The molecule has 26 heavy (non-hydrogen) atoms. The molecule has 2 saturated heterocycles. The maximum absolute atomic E-state index is 12.8. The maximum Gasteiger partial charge on any atom is 0.346 e. The normalized spacial score (nSPS) is 29.8. The molecule has 3 aliphatic rings. The monoisotopic (exact) mass is 374 g/mol. The number of piperidine rings is 1. The van der Waals surface area contributed by atoms with Crippen molar-refractivity contribution in [3.8, 4) is 0 Å². The number of rotatable bonds is 3. The van der Waals surface area contributed by atoms with Gasteiger partial charge < -0.3 is 10.2 Å². The highest BCUT2D eigenvalue weighted by Gasteiger charge is 2.52. The van der Waals surface area contributed by atoms with Crippen LogP contribution in [0, 0.1) is 5.92 Å². The van der Waals surface area contributed by atoms with Gasteiger partial charge in [-0.05, 0) is 63.0 Å². The Morgan fingerprint density at radius 1 is 1.19 bits per heavy atom. The standard InChI is InChI=1S/C19H26N4O2S/c1-14-7-9-19(10-8-14)17(24)23(18(25)21-19)20-13-15-5-6-16(26-15)22-11-3-2-4-12-22/h5-6,13-14H,2-4,7-12H2,1H3,(H,21,25)/b20-13-. The lowest BCUT2D eigenvalue weighted by molar-refractivity contribution is -0.132. The van der Waals surface area contributed by atoms with Crippen LogP contribution in [0.1, 0.15) is 56.7 Å². The van der Waals surface area contributed by atoms with Crippen LogP contribution in [-0.2, 0) is 4.79 Å². The van der Waals surface area contributed by atoms with Crippen LogP contribution in [0.4, 0.5) is 9.80 Å². The number of imide groups is 1. The summed E-state index contributed by atoms with van der Waals surface area (Å²) in [4.78, 5) is 28.4. The molecule has 0 radical (unpaired) electrons. The van der Waals surface area contributed by atoms with E-state index in [0.29, 0.717) is 18.8 Å². The summed E-state index contributed by atoms with van der Waals surface area (Å²) in [5.41, 5.74) is -0.727. The van der Waals surface area contributed by atoms with Crippen LogP contribution in [0.5, 0.6) is 0 Å². The van der Waals surface area contributed by atoms with Crippen molar-refractivity contribution in [3.05, 3.63) is 17.0 Å². The summed E-state index contributed by atoms with van der Waals surface area (Å²) < 4.78 is 0. The van der Waals surface area contributed by atoms with Gasteiger partial charge in [-0.15, -0.1) is 16.3 Å². The Balaban J connectivity index is 1.44. The molecule has 1 aliphatic carbocycles. The molecule has 140 valence electrons. The number of hydrogen-bond acceptors (Lipinski definition) is 5. The SMILES string of the molecule is CC1CCC2(CC1)NC(=O)N(/N=C\c1ccc(N3CCCCC3)s1)C2=O. The molecule has 1 spiro atoms. The minimum absolute atomic E-state index is 0.196. The fourth-order valence-corrected chi connectivity index (χ4v) is 5.04. The van der Waals surface area contributed by atoms with Crippen molar-refractivity contribution >= 4 is 34.5 Å². The quantitative estimate of drug-likeness (QED) is 0.650. The van der Waals surface area contributed by atoms with Gasteiger partial charge in [0.15, 0.2) is 0 Å². The van der Waals surface area contributed by atoms with Crippen molar-refractivity contribution in [3.63, 3.8) is 0 Å². The van der Waals surface area contributed by atoms with Crippen molar-refractivity contribution < 1.29 is 9.59 Å². The van der Waals surface area contributed by atoms with Crippen molar-refractivity contribution in [2.24, 2.45) is 11.0 Å². The van der Waals surface area contributed by atoms with E-state index in [4.69, 9.17) is 0 Å². The van der Waals surface area contributed by atoms with Crippen molar-refractivity contribution in [2.75, 3.05) is 18.0 Å². The molecule has 3 amide bonds. The number of nitrogens with zero attached hydrogens (tertiary/aromatic N) is 3. The van der Waals surface area contributed by atoms with Crippen LogP contribution in [0.3, 0.4) is 0 Å². The van der Waals surface area contributed by atoms with Gasteiger partial charge in [0.25, 0.3) is 5.91 Å². The summed E-state index contributed by atoms with van der Waals surface area (Å²) in [7, 11) is 0. The first-order valence-corrected chi connectivity index (χ1v) is 10.4. The predicted octanol–water partition coefficient (Wildman–Crippen LogP) is 3.57. The van der Waals surface area contributed by atoms with E-state index in [1.807, 2.05) is 6.07 Å². The number of hydrazone groups is 1. The van der Waals surface area contributed by atoms with Gasteiger partial charge in [0.05, 0.1) is 11.2 Å². The van der Waals surface area contributed by atoms with Crippen molar-refractivity contribution in [1.82, 2.24) is 10.3 Å². The first kappa shape index (κ1) is 17.5. The van der Waals surface area contributed by atoms with E-state index in [0.717, 1.165) is 35.8 Å². The largest absolute Gasteiger partial charge is 0.363 e. The van der Waals surface area contributed by atoms with E-state index in [2.05, 4.69) is 28.3 Å². The molecule has 0 bridgehead atoms. The van der Waals surface area contributed by atoms with Gasteiger partial charge >= 0.3 is 6.03 Å². The Labute approximate surface area is 158 Å². The fourth-order valence-electron chi connectivity index (χ4n) is 4.12. The van der Waals surface area contributed by atoms with Gasteiger partial charge in [0.2, 0.25) is 0 Å². The lowest BCUT2D eigenvalue weighted by atomic mass is 9.77. The lowest BCUT2D eigenvalue weighted by Gasteiger charge is -2.33. The molecule has 0 aromatic carbocycles. The van der Waals surface area contributed by atoms with Gasteiger partial charge in [-0.25, -0.2) is 4.79 Å². The molecule has 3 fully saturated rings. The number of nitrogens with one attached hydrogen (secondary N) is 1.